The lowest BCUT2D eigenvalue weighted by Crippen LogP contribution is -2.25. The molecule has 4 heterocycles. The van der Waals surface area contributed by atoms with Gasteiger partial charge in [0, 0.05) is 30.8 Å². The van der Waals surface area contributed by atoms with Crippen molar-refractivity contribution in [3.63, 3.8) is 0 Å². The predicted octanol–water partition coefficient (Wildman–Crippen LogP) is 5.28. The van der Waals surface area contributed by atoms with Crippen molar-refractivity contribution in [3.8, 4) is 28.8 Å². The van der Waals surface area contributed by atoms with Crippen molar-refractivity contribution in [1.82, 2.24) is 19.3 Å². The molecule has 0 saturated carbocycles. The number of carbonyl (C=O) groups is 1. The predicted molar refractivity (Wildman–Crippen MR) is 163 cm³/mol. The number of para-hydroxylation sites is 1. The summed E-state index contributed by atoms with van der Waals surface area (Å²) < 4.78 is 41.6. The average Bonchev–Trinajstić information content (AvgIpc) is 3.67. The van der Waals surface area contributed by atoms with Gasteiger partial charge in [-0.15, -0.1) is 0 Å². The maximum absolute atomic E-state index is 15.4. The van der Waals surface area contributed by atoms with E-state index in [0.717, 1.165) is 25.3 Å². The molecule has 7 rings (SSSR count). The number of anilines is 1. The highest BCUT2D eigenvalue weighted by Crippen LogP contribution is 2.37. The molecule has 2 aliphatic heterocycles. The molecule has 0 radical (unpaired) electrons. The van der Waals surface area contributed by atoms with Gasteiger partial charge in [0.05, 0.1) is 42.6 Å². The van der Waals surface area contributed by atoms with Gasteiger partial charge in [-0.05, 0) is 49.6 Å². The number of ether oxygens (including phenoxy) is 4. The number of methoxy groups -OCH3 is 1. The Morgan fingerprint density at radius 3 is 2.69 bits per heavy atom. The first-order valence-corrected chi connectivity index (χ1v) is 14.8. The van der Waals surface area contributed by atoms with Gasteiger partial charge in [0.1, 0.15) is 18.0 Å². The third kappa shape index (κ3) is 5.48. The Bertz CT molecular complexity index is 1950. The summed E-state index contributed by atoms with van der Waals surface area (Å²) in [6.07, 6.45) is 4.37. The van der Waals surface area contributed by atoms with E-state index in [4.69, 9.17) is 18.9 Å². The summed E-state index contributed by atoms with van der Waals surface area (Å²) in [6, 6.07) is 16.7. The number of nitrogens with one attached hydrogen (secondary N) is 1. The summed E-state index contributed by atoms with van der Waals surface area (Å²) in [5.41, 5.74) is 1.70. The quantitative estimate of drug-likeness (QED) is 0.252. The van der Waals surface area contributed by atoms with Crippen molar-refractivity contribution in [2.75, 3.05) is 25.6 Å². The van der Waals surface area contributed by atoms with Crippen LogP contribution in [0.3, 0.4) is 0 Å². The van der Waals surface area contributed by atoms with E-state index in [-0.39, 0.29) is 29.0 Å². The molecule has 1 fully saturated rings. The van der Waals surface area contributed by atoms with E-state index in [9.17, 15) is 9.59 Å². The van der Waals surface area contributed by atoms with E-state index in [1.54, 1.807) is 16.8 Å². The van der Waals surface area contributed by atoms with Crippen LogP contribution in [-0.2, 0) is 17.7 Å². The van der Waals surface area contributed by atoms with Crippen LogP contribution in [0.4, 0.5) is 10.1 Å². The molecular weight excluding hydrogens is 581 g/mol. The Kier molecular flexibility index (Phi) is 7.64. The lowest BCUT2D eigenvalue weighted by atomic mass is 10.1. The van der Waals surface area contributed by atoms with Crippen molar-refractivity contribution >= 4 is 22.5 Å². The van der Waals surface area contributed by atoms with Crippen LogP contribution in [0.25, 0.3) is 16.6 Å². The van der Waals surface area contributed by atoms with Crippen LogP contribution >= 0.6 is 0 Å². The first-order valence-electron chi connectivity index (χ1n) is 14.8. The fraction of sp³-hybridized carbons (Fsp3) is 0.273. The maximum atomic E-state index is 15.4. The van der Waals surface area contributed by atoms with Crippen molar-refractivity contribution in [1.29, 1.82) is 0 Å². The molecule has 0 bridgehead atoms. The Labute approximate surface area is 257 Å². The number of hydrogen-bond donors (Lipinski definition) is 1. The molecule has 11 nitrogen and oxygen atoms in total. The number of amides is 1. The monoisotopic (exact) mass is 611 g/mol. The van der Waals surface area contributed by atoms with Crippen molar-refractivity contribution in [3.05, 3.63) is 94.4 Å². The van der Waals surface area contributed by atoms with Crippen LogP contribution in [0.15, 0.2) is 71.8 Å². The molecule has 2 aromatic heterocycles. The topological polar surface area (TPSA) is 119 Å². The summed E-state index contributed by atoms with van der Waals surface area (Å²) in [4.78, 5) is 35.5. The van der Waals surface area contributed by atoms with Crippen LogP contribution in [0.1, 0.15) is 35.3 Å². The molecule has 5 aromatic rings. The van der Waals surface area contributed by atoms with Crippen molar-refractivity contribution in [2.45, 2.75) is 38.3 Å². The second kappa shape index (κ2) is 12.0. The standard InChI is InChI=1S/C33H30FN5O6/c1-42-28-16-23-25(17-29(28)44-22-12-14-43-18-22)35-19-36-32(23)45-27-11-10-20(15-24(27)34)37-31(40)30-26-9-5-6-13-38(26)39(33(30)41)21-7-3-2-4-8-21/h2-4,7-8,10-11,15-17,19,22H,5-6,9,12-14,18H2,1H3,(H,37,40)/t22-/m1/s1. The minimum atomic E-state index is -0.728. The van der Waals surface area contributed by atoms with E-state index in [1.165, 1.54) is 25.6 Å². The number of rotatable bonds is 8. The van der Waals surface area contributed by atoms with E-state index in [0.29, 0.717) is 60.0 Å². The molecule has 0 spiro atoms. The Balaban J connectivity index is 1.14. The van der Waals surface area contributed by atoms with Gasteiger partial charge < -0.3 is 24.3 Å². The second-order valence-corrected chi connectivity index (χ2v) is 10.9. The van der Waals surface area contributed by atoms with Gasteiger partial charge in [-0.1, -0.05) is 18.2 Å². The molecule has 0 unspecified atom stereocenters. The molecule has 2 aliphatic rings. The van der Waals surface area contributed by atoms with Gasteiger partial charge >= 0.3 is 0 Å². The summed E-state index contributed by atoms with van der Waals surface area (Å²) in [5.74, 6) is -0.351. The molecule has 1 saturated heterocycles. The summed E-state index contributed by atoms with van der Waals surface area (Å²) >= 11 is 0. The van der Waals surface area contributed by atoms with Gasteiger partial charge in [-0.3, -0.25) is 14.3 Å². The van der Waals surface area contributed by atoms with Crippen molar-refractivity contribution in [2.24, 2.45) is 0 Å². The van der Waals surface area contributed by atoms with E-state index in [2.05, 4.69) is 15.3 Å². The van der Waals surface area contributed by atoms with E-state index in [1.807, 2.05) is 35.0 Å². The lowest BCUT2D eigenvalue weighted by molar-refractivity contribution is 0.102. The number of nitrogens with zero attached hydrogens (tertiary/aromatic N) is 4. The Morgan fingerprint density at radius 1 is 1.04 bits per heavy atom. The minimum absolute atomic E-state index is 0.0597. The zero-order valence-corrected chi connectivity index (χ0v) is 24.5. The molecule has 1 atom stereocenters. The Morgan fingerprint density at radius 2 is 1.91 bits per heavy atom. The highest BCUT2D eigenvalue weighted by atomic mass is 19.1. The number of halogens is 1. The molecule has 0 aliphatic carbocycles. The SMILES string of the molecule is COc1cc2c(Oc3ccc(NC(=O)c4c5n(n(-c6ccccc6)c4=O)CCCC5)cc3F)ncnc2cc1O[C@@H]1CCOC1. The minimum Gasteiger partial charge on any atom is -0.493 e. The molecule has 230 valence electrons. The average molecular weight is 612 g/mol. The van der Waals surface area contributed by atoms with Crippen molar-refractivity contribution < 1.29 is 28.1 Å². The largest absolute Gasteiger partial charge is 0.493 e. The summed E-state index contributed by atoms with van der Waals surface area (Å²) in [6.45, 7) is 1.76. The number of benzene rings is 3. The smallest absolute Gasteiger partial charge is 0.284 e. The molecule has 3 aromatic carbocycles. The van der Waals surface area contributed by atoms with Crippen LogP contribution in [-0.4, -0.2) is 51.7 Å². The molecule has 1 N–H and O–H groups in total. The third-order valence-corrected chi connectivity index (χ3v) is 7.97. The van der Waals surface area contributed by atoms with E-state index >= 15 is 4.39 Å². The van der Waals surface area contributed by atoms with Crippen LogP contribution in [0, 0.1) is 5.82 Å². The fourth-order valence-electron chi connectivity index (χ4n) is 5.80. The zero-order chi connectivity index (χ0) is 30.9. The zero-order valence-electron chi connectivity index (χ0n) is 24.5. The number of carbonyl (C=O) groups excluding carboxylic acids is 1. The molecular formula is C33H30FN5O6. The number of hydrogen-bond acceptors (Lipinski definition) is 8. The normalized spacial score (nSPS) is 15.9. The fourth-order valence-corrected chi connectivity index (χ4v) is 5.80. The molecule has 1 amide bonds. The van der Waals surface area contributed by atoms with Gasteiger partial charge in [0.15, 0.2) is 23.1 Å². The number of fused-ring (bicyclic) bond motifs is 2. The number of aromatic nitrogens is 4. The molecule has 12 heteroatoms. The first kappa shape index (κ1) is 28.5. The van der Waals surface area contributed by atoms with Gasteiger partial charge in [0.2, 0.25) is 5.88 Å². The highest BCUT2D eigenvalue weighted by Gasteiger charge is 2.28. The van der Waals surface area contributed by atoms with Crippen LogP contribution in [0.2, 0.25) is 0 Å². The van der Waals surface area contributed by atoms with Gasteiger partial charge in [0.25, 0.3) is 11.5 Å². The van der Waals surface area contributed by atoms with Crippen LogP contribution in [0.5, 0.6) is 23.1 Å². The van der Waals surface area contributed by atoms with Gasteiger partial charge in [-0.25, -0.2) is 19.0 Å². The lowest BCUT2D eigenvalue weighted by Gasteiger charge is -2.19. The second-order valence-electron chi connectivity index (χ2n) is 10.9. The maximum Gasteiger partial charge on any atom is 0.284 e. The van der Waals surface area contributed by atoms with E-state index < -0.39 is 17.3 Å². The summed E-state index contributed by atoms with van der Waals surface area (Å²) in [7, 11) is 1.52. The molecule has 45 heavy (non-hydrogen) atoms. The first-order chi connectivity index (χ1) is 22.0. The Hall–Kier alpha value is -5.23. The third-order valence-electron chi connectivity index (χ3n) is 7.97. The summed E-state index contributed by atoms with van der Waals surface area (Å²) in [5, 5.41) is 3.19. The van der Waals surface area contributed by atoms with Crippen LogP contribution < -0.4 is 25.1 Å². The van der Waals surface area contributed by atoms with Gasteiger partial charge in [-0.2, -0.15) is 0 Å². The highest BCUT2D eigenvalue weighted by molar-refractivity contribution is 6.05.